The Morgan fingerprint density at radius 3 is 3.00 bits per heavy atom. The quantitative estimate of drug-likeness (QED) is 0.544. The minimum absolute atomic E-state index is 0.332. The van der Waals surface area contributed by atoms with Crippen LogP contribution < -0.4 is 5.32 Å². The van der Waals surface area contributed by atoms with Gasteiger partial charge in [-0.3, -0.25) is 4.68 Å². The van der Waals surface area contributed by atoms with Crippen LogP contribution in [0.25, 0.3) is 21.8 Å². The Kier molecular flexibility index (Phi) is 4.18. The van der Waals surface area contributed by atoms with E-state index in [0.717, 1.165) is 33.9 Å². The standard InChI is InChI=1S/C20H20N4O2/c1-24-18-8-13(6-7-14(18)12-23-24)9-21-10-15-11-22-19-16(15)4-3-5-17(19)20(25)26-2/h3-8,11-12,21-22H,9-10H2,1-2H3. The summed E-state index contributed by atoms with van der Waals surface area (Å²) in [5.74, 6) is -0.332. The molecule has 2 heterocycles. The van der Waals surface area contributed by atoms with Crippen molar-refractivity contribution in [3.63, 3.8) is 0 Å². The third kappa shape index (κ3) is 2.84. The van der Waals surface area contributed by atoms with Crippen molar-refractivity contribution in [3.05, 3.63) is 65.5 Å². The first-order valence-corrected chi connectivity index (χ1v) is 8.46. The number of esters is 1. The number of aromatic amines is 1. The van der Waals surface area contributed by atoms with E-state index in [0.29, 0.717) is 12.1 Å². The number of methoxy groups -OCH3 is 1. The van der Waals surface area contributed by atoms with Crippen molar-refractivity contribution in [1.29, 1.82) is 0 Å². The van der Waals surface area contributed by atoms with Crippen LogP contribution in [0.3, 0.4) is 0 Å². The highest BCUT2D eigenvalue weighted by Crippen LogP contribution is 2.22. The van der Waals surface area contributed by atoms with E-state index in [1.807, 2.05) is 36.3 Å². The number of benzene rings is 2. The average Bonchev–Trinajstić information content (AvgIpc) is 3.25. The summed E-state index contributed by atoms with van der Waals surface area (Å²) in [4.78, 5) is 15.1. The molecule has 0 aliphatic rings. The van der Waals surface area contributed by atoms with Crippen LogP contribution in [0.5, 0.6) is 0 Å². The van der Waals surface area contributed by atoms with Crippen LogP contribution in [0, 0.1) is 0 Å². The van der Waals surface area contributed by atoms with Gasteiger partial charge in [-0.15, -0.1) is 0 Å². The van der Waals surface area contributed by atoms with Gasteiger partial charge >= 0.3 is 5.97 Å². The SMILES string of the molecule is COC(=O)c1cccc2c(CNCc3ccc4cnn(C)c4c3)c[nH]c12. The predicted molar refractivity (Wildman–Crippen MR) is 101 cm³/mol. The molecule has 0 unspecified atom stereocenters. The second kappa shape index (κ2) is 6.65. The van der Waals surface area contributed by atoms with Crippen LogP contribution >= 0.6 is 0 Å². The van der Waals surface area contributed by atoms with E-state index in [1.165, 1.54) is 12.7 Å². The molecule has 0 radical (unpaired) electrons. The van der Waals surface area contributed by atoms with Crippen molar-refractivity contribution in [3.8, 4) is 0 Å². The van der Waals surface area contributed by atoms with Gasteiger partial charge in [0.2, 0.25) is 0 Å². The largest absolute Gasteiger partial charge is 0.465 e. The molecular weight excluding hydrogens is 328 g/mol. The lowest BCUT2D eigenvalue weighted by Gasteiger charge is -2.06. The zero-order valence-electron chi connectivity index (χ0n) is 14.7. The van der Waals surface area contributed by atoms with E-state index >= 15 is 0 Å². The van der Waals surface area contributed by atoms with Gasteiger partial charge in [-0.05, 0) is 23.3 Å². The number of aryl methyl sites for hydroxylation is 1. The van der Waals surface area contributed by atoms with Gasteiger partial charge in [0.25, 0.3) is 0 Å². The summed E-state index contributed by atoms with van der Waals surface area (Å²) in [7, 11) is 3.34. The molecule has 0 saturated carbocycles. The van der Waals surface area contributed by atoms with Crippen LogP contribution in [-0.4, -0.2) is 27.8 Å². The van der Waals surface area contributed by atoms with Crippen LogP contribution in [0.2, 0.25) is 0 Å². The molecule has 4 rings (SSSR count). The van der Waals surface area contributed by atoms with Crippen molar-refractivity contribution in [2.75, 3.05) is 7.11 Å². The number of carbonyl (C=O) groups is 1. The molecule has 4 aromatic rings. The number of carbonyl (C=O) groups excluding carboxylic acids is 1. The molecule has 0 aliphatic carbocycles. The molecule has 26 heavy (non-hydrogen) atoms. The van der Waals surface area contributed by atoms with Crippen LogP contribution in [0.4, 0.5) is 0 Å². The highest BCUT2D eigenvalue weighted by Gasteiger charge is 2.13. The van der Waals surface area contributed by atoms with Crippen molar-refractivity contribution in [1.82, 2.24) is 20.1 Å². The highest BCUT2D eigenvalue weighted by atomic mass is 16.5. The third-order valence-electron chi connectivity index (χ3n) is 4.66. The van der Waals surface area contributed by atoms with Gasteiger partial charge in [-0.25, -0.2) is 4.79 Å². The molecular formula is C20H20N4O2. The smallest absolute Gasteiger partial charge is 0.339 e. The topological polar surface area (TPSA) is 71.9 Å². The highest BCUT2D eigenvalue weighted by molar-refractivity contribution is 6.03. The minimum atomic E-state index is -0.332. The number of H-pyrrole nitrogens is 1. The molecule has 2 aromatic carbocycles. The summed E-state index contributed by atoms with van der Waals surface area (Å²) < 4.78 is 6.73. The molecule has 6 heteroatoms. The molecule has 0 saturated heterocycles. The Bertz CT molecular complexity index is 1090. The normalized spacial score (nSPS) is 11.3. The van der Waals surface area contributed by atoms with Crippen LogP contribution in [0.15, 0.2) is 48.8 Å². The molecule has 0 bridgehead atoms. The predicted octanol–water partition coefficient (Wildman–Crippen LogP) is 3.13. The van der Waals surface area contributed by atoms with E-state index in [2.05, 4.69) is 33.6 Å². The summed E-state index contributed by atoms with van der Waals surface area (Å²) in [6.07, 6.45) is 3.81. The molecule has 6 nitrogen and oxygen atoms in total. The Hall–Kier alpha value is -3.12. The van der Waals surface area contributed by atoms with E-state index in [9.17, 15) is 4.79 Å². The van der Waals surface area contributed by atoms with Gasteiger partial charge < -0.3 is 15.0 Å². The first-order valence-electron chi connectivity index (χ1n) is 8.46. The maximum Gasteiger partial charge on any atom is 0.339 e. The number of hydrogen-bond acceptors (Lipinski definition) is 4. The minimum Gasteiger partial charge on any atom is -0.465 e. The lowest BCUT2D eigenvalue weighted by Crippen LogP contribution is -2.12. The summed E-state index contributed by atoms with van der Waals surface area (Å²) in [5, 5.41) is 9.92. The number of hydrogen-bond donors (Lipinski definition) is 2. The second-order valence-corrected chi connectivity index (χ2v) is 6.30. The number of nitrogens with one attached hydrogen (secondary N) is 2. The van der Waals surface area contributed by atoms with Gasteiger partial charge in [0, 0.05) is 37.1 Å². The van der Waals surface area contributed by atoms with E-state index < -0.39 is 0 Å². The lowest BCUT2D eigenvalue weighted by molar-refractivity contribution is 0.0603. The lowest BCUT2D eigenvalue weighted by atomic mass is 10.1. The Morgan fingerprint density at radius 1 is 1.27 bits per heavy atom. The van der Waals surface area contributed by atoms with Crippen LogP contribution in [0.1, 0.15) is 21.5 Å². The zero-order chi connectivity index (χ0) is 18.1. The van der Waals surface area contributed by atoms with Crippen molar-refractivity contribution >= 4 is 27.8 Å². The van der Waals surface area contributed by atoms with Gasteiger partial charge in [0.15, 0.2) is 0 Å². The Balaban J connectivity index is 1.50. The number of para-hydroxylation sites is 1. The van der Waals surface area contributed by atoms with Gasteiger partial charge in [-0.1, -0.05) is 24.3 Å². The van der Waals surface area contributed by atoms with Gasteiger partial charge in [-0.2, -0.15) is 5.10 Å². The summed E-state index contributed by atoms with van der Waals surface area (Å²) in [5.41, 5.74) is 4.81. The molecule has 0 amide bonds. The van der Waals surface area contributed by atoms with E-state index in [4.69, 9.17) is 4.74 Å². The Labute approximate surface area is 150 Å². The summed E-state index contributed by atoms with van der Waals surface area (Å²) >= 11 is 0. The molecule has 132 valence electrons. The first kappa shape index (κ1) is 16.4. The van der Waals surface area contributed by atoms with Crippen molar-refractivity contribution < 1.29 is 9.53 Å². The van der Waals surface area contributed by atoms with Crippen LogP contribution in [-0.2, 0) is 24.9 Å². The average molecular weight is 348 g/mol. The maximum absolute atomic E-state index is 11.9. The van der Waals surface area contributed by atoms with Crippen molar-refractivity contribution in [2.45, 2.75) is 13.1 Å². The molecule has 0 atom stereocenters. The fraction of sp³-hybridized carbons (Fsp3) is 0.200. The summed E-state index contributed by atoms with van der Waals surface area (Å²) in [6.45, 7) is 1.46. The zero-order valence-corrected chi connectivity index (χ0v) is 14.7. The number of aromatic nitrogens is 3. The maximum atomic E-state index is 11.9. The molecule has 0 spiro atoms. The molecule has 0 fully saturated rings. The first-order chi connectivity index (χ1) is 12.7. The van der Waals surface area contributed by atoms with E-state index in [-0.39, 0.29) is 5.97 Å². The molecule has 2 N–H and O–H groups in total. The third-order valence-corrected chi connectivity index (χ3v) is 4.66. The number of rotatable bonds is 5. The molecule has 2 aromatic heterocycles. The fourth-order valence-electron chi connectivity index (χ4n) is 3.28. The van der Waals surface area contributed by atoms with Gasteiger partial charge in [0.05, 0.1) is 29.9 Å². The number of ether oxygens (including phenoxy) is 1. The van der Waals surface area contributed by atoms with Crippen molar-refractivity contribution in [2.24, 2.45) is 7.05 Å². The number of fused-ring (bicyclic) bond motifs is 2. The number of nitrogens with zero attached hydrogens (tertiary/aromatic N) is 2. The molecule has 0 aliphatic heterocycles. The second-order valence-electron chi connectivity index (χ2n) is 6.30. The summed E-state index contributed by atoms with van der Waals surface area (Å²) in [6, 6.07) is 12.0. The van der Waals surface area contributed by atoms with E-state index in [1.54, 1.807) is 6.07 Å². The Morgan fingerprint density at radius 2 is 2.15 bits per heavy atom. The monoisotopic (exact) mass is 348 g/mol. The fourth-order valence-corrected chi connectivity index (χ4v) is 3.28. The van der Waals surface area contributed by atoms with Gasteiger partial charge in [0.1, 0.15) is 0 Å².